The second-order valence-corrected chi connectivity index (χ2v) is 11.0. The summed E-state index contributed by atoms with van der Waals surface area (Å²) in [5.41, 5.74) is 9.93. The number of benzene rings is 2. The van der Waals surface area contributed by atoms with Crippen LogP contribution >= 0.6 is 23.2 Å². The number of fused-ring (bicyclic) bond motifs is 1. The number of nitrogens with zero attached hydrogens (tertiary/aromatic N) is 4. The molecule has 0 saturated carbocycles. The SMILES string of the molecule is Cc1cc(N2CCOCC2)c2cccc(OCc3c(Cl)ccc(N(C)C(=O)CNC(=O)C=Cc4ccc(N)nc4)c3Cl)c2n1. The molecule has 44 heavy (non-hydrogen) atoms. The zero-order valence-corrected chi connectivity index (χ0v) is 25.9. The number of nitrogens with one attached hydrogen (secondary N) is 1. The Bertz CT molecular complexity index is 1710. The van der Waals surface area contributed by atoms with Crippen molar-refractivity contribution in [1.82, 2.24) is 15.3 Å². The van der Waals surface area contributed by atoms with Crippen molar-refractivity contribution in [3.63, 3.8) is 0 Å². The van der Waals surface area contributed by atoms with Crippen LogP contribution in [0.5, 0.6) is 5.75 Å². The lowest BCUT2D eigenvalue weighted by molar-refractivity contribution is -0.122. The van der Waals surface area contributed by atoms with Gasteiger partial charge in [0, 0.05) is 59.8 Å². The number of nitrogens with two attached hydrogens (primary N) is 1. The van der Waals surface area contributed by atoms with Crippen LogP contribution in [0.25, 0.3) is 17.0 Å². The maximum absolute atomic E-state index is 12.9. The fourth-order valence-electron chi connectivity index (χ4n) is 4.80. The first-order valence-corrected chi connectivity index (χ1v) is 14.7. The van der Waals surface area contributed by atoms with Crippen molar-refractivity contribution in [2.24, 2.45) is 0 Å². The molecule has 3 heterocycles. The van der Waals surface area contributed by atoms with E-state index in [0.29, 0.717) is 46.6 Å². The van der Waals surface area contributed by atoms with Crippen LogP contribution in [0.3, 0.4) is 0 Å². The van der Waals surface area contributed by atoms with Gasteiger partial charge in [-0.1, -0.05) is 35.3 Å². The molecule has 4 aromatic rings. The summed E-state index contributed by atoms with van der Waals surface area (Å²) < 4.78 is 11.8. The number of morpholine rings is 1. The van der Waals surface area contributed by atoms with Crippen molar-refractivity contribution in [3.8, 4) is 5.75 Å². The van der Waals surface area contributed by atoms with E-state index in [0.717, 1.165) is 35.4 Å². The van der Waals surface area contributed by atoms with Crippen molar-refractivity contribution in [3.05, 3.63) is 87.7 Å². The van der Waals surface area contributed by atoms with Crippen LogP contribution in [-0.2, 0) is 20.9 Å². The highest BCUT2D eigenvalue weighted by Crippen LogP contribution is 2.37. The summed E-state index contributed by atoms with van der Waals surface area (Å²) >= 11 is 13.3. The molecular formula is C32H32Cl2N6O4. The Kier molecular flexibility index (Phi) is 9.84. The Hall–Kier alpha value is -4.38. The molecule has 0 aliphatic carbocycles. The molecule has 0 bridgehead atoms. The average Bonchev–Trinajstić information content (AvgIpc) is 3.03. The monoisotopic (exact) mass is 634 g/mol. The highest BCUT2D eigenvalue weighted by Gasteiger charge is 2.20. The van der Waals surface area contributed by atoms with E-state index < -0.39 is 5.91 Å². The van der Waals surface area contributed by atoms with Crippen molar-refractivity contribution >= 4 is 69.2 Å². The van der Waals surface area contributed by atoms with E-state index in [1.54, 1.807) is 43.6 Å². The minimum atomic E-state index is -0.435. The number of aryl methyl sites for hydroxylation is 1. The summed E-state index contributed by atoms with van der Waals surface area (Å²) in [5.74, 6) is 0.166. The molecule has 1 aliphatic heterocycles. The lowest BCUT2D eigenvalue weighted by Gasteiger charge is -2.30. The highest BCUT2D eigenvalue weighted by atomic mass is 35.5. The van der Waals surface area contributed by atoms with Gasteiger partial charge in [0.15, 0.2) is 0 Å². The molecule has 0 spiro atoms. The zero-order valence-electron chi connectivity index (χ0n) is 24.3. The number of amides is 2. The fourth-order valence-corrected chi connectivity index (χ4v) is 5.41. The molecule has 1 saturated heterocycles. The molecule has 0 atom stereocenters. The third-order valence-electron chi connectivity index (χ3n) is 7.18. The number of hydrogen-bond donors (Lipinski definition) is 2. The second-order valence-electron chi connectivity index (χ2n) is 10.2. The lowest BCUT2D eigenvalue weighted by atomic mass is 10.1. The predicted octanol–water partition coefficient (Wildman–Crippen LogP) is 5.04. The predicted molar refractivity (Wildman–Crippen MR) is 174 cm³/mol. The number of carbonyl (C=O) groups excluding carboxylic acids is 2. The molecule has 5 rings (SSSR count). The third kappa shape index (κ3) is 7.21. The molecule has 2 aromatic carbocycles. The molecule has 0 unspecified atom stereocenters. The summed E-state index contributed by atoms with van der Waals surface area (Å²) in [6, 6.07) is 14.6. The lowest BCUT2D eigenvalue weighted by Crippen LogP contribution is -2.37. The number of ether oxygens (including phenoxy) is 2. The quantitative estimate of drug-likeness (QED) is 0.246. The first-order chi connectivity index (χ1) is 21.2. The van der Waals surface area contributed by atoms with Crippen molar-refractivity contribution in [1.29, 1.82) is 0 Å². The number of anilines is 3. The van der Waals surface area contributed by atoms with Gasteiger partial charge in [0.05, 0.1) is 30.5 Å². The Balaban J connectivity index is 1.28. The largest absolute Gasteiger partial charge is 0.487 e. The summed E-state index contributed by atoms with van der Waals surface area (Å²) in [4.78, 5) is 37.6. The van der Waals surface area contributed by atoms with Gasteiger partial charge in [-0.15, -0.1) is 0 Å². The van der Waals surface area contributed by atoms with Crippen molar-refractivity contribution in [2.75, 3.05) is 55.4 Å². The van der Waals surface area contributed by atoms with Crippen LogP contribution in [-0.4, -0.2) is 61.7 Å². The Morgan fingerprint density at radius 2 is 1.95 bits per heavy atom. The van der Waals surface area contributed by atoms with Crippen molar-refractivity contribution < 1.29 is 19.1 Å². The van der Waals surface area contributed by atoms with Crippen LogP contribution in [0.2, 0.25) is 10.0 Å². The topological polar surface area (TPSA) is 123 Å². The molecule has 12 heteroatoms. The van der Waals surface area contributed by atoms with E-state index in [4.69, 9.17) is 43.4 Å². The Morgan fingerprint density at radius 1 is 1.16 bits per heavy atom. The smallest absolute Gasteiger partial charge is 0.246 e. The Labute approximate surface area is 265 Å². The normalized spacial score (nSPS) is 13.3. The number of para-hydroxylation sites is 1. The van der Waals surface area contributed by atoms with Gasteiger partial charge >= 0.3 is 0 Å². The molecule has 3 N–H and O–H groups in total. The van der Waals surface area contributed by atoms with Gasteiger partial charge in [-0.05, 0) is 55.0 Å². The number of likely N-dealkylation sites (N-methyl/N-ethyl adjacent to an activating group) is 1. The van der Waals surface area contributed by atoms with Crippen LogP contribution in [0, 0.1) is 6.92 Å². The van der Waals surface area contributed by atoms with Gasteiger partial charge in [0.2, 0.25) is 11.8 Å². The number of aromatic nitrogens is 2. The van der Waals surface area contributed by atoms with E-state index in [2.05, 4.69) is 21.3 Å². The number of hydrogen-bond acceptors (Lipinski definition) is 8. The number of pyridine rings is 2. The van der Waals surface area contributed by atoms with Gasteiger partial charge < -0.3 is 30.3 Å². The van der Waals surface area contributed by atoms with Crippen molar-refractivity contribution in [2.45, 2.75) is 13.5 Å². The molecule has 2 amide bonds. The summed E-state index contributed by atoms with van der Waals surface area (Å²) in [6.45, 7) is 4.73. The first-order valence-electron chi connectivity index (χ1n) is 14.0. The van der Waals surface area contributed by atoms with E-state index >= 15 is 0 Å². The van der Waals surface area contributed by atoms with Gasteiger partial charge in [-0.25, -0.2) is 9.97 Å². The van der Waals surface area contributed by atoms with Gasteiger partial charge in [-0.3, -0.25) is 9.59 Å². The van der Waals surface area contributed by atoms with E-state index in [9.17, 15) is 9.59 Å². The average molecular weight is 636 g/mol. The standard InChI is InChI=1S/C32H32Cl2N6O4/c1-20-16-26(40-12-14-43-15-13-40)22-4-3-5-27(32(22)38-20)44-19-23-24(33)8-9-25(31(23)34)39(2)30(42)18-37-29(41)11-7-21-6-10-28(35)36-17-21/h3-11,16-17H,12-15,18-19H2,1-2H3,(H2,35,36)(H,37,41). The van der Waals surface area contributed by atoms with Gasteiger partial charge in [0.1, 0.15) is 23.7 Å². The van der Waals surface area contributed by atoms with Gasteiger partial charge in [0.25, 0.3) is 0 Å². The first kappa shape index (κ1) is 31.1. The number of carbonyl (C=O) groups is 2. The minimum absolute atomic E-state index is 0.0523. The zero-order chi connectivity index (χ0) is 31.2. The summed E-state index contributed by atoms with van der Waals surface area (Å²) in [7, 11) is 1.58. The van der Waals surface area contributed by atoms with Crippen LogP contribution in [0.15, 0.2) is 60.8 Å². The molecular weight excluding hydrogens is 603 g/mol. The molecule has 10 nitrogen and oxygen atoms in total. The molecule has 2 aromatic heterocycles. The third-order valence-corrected chi connectivity index (χ3v) is 7.96. The highest BCUT2D eigenvalue weighted by molar-refractivity contribution is 6.38. The summed E-state index contributed by atoms with van der Waals surface area (Å²) in [5, 5.41) is 4.23. The van der Waals surface area contributed by atoms with Crippen LogP contribution in [0.1, 0.15) is 16.8 Å². The summed E-state index contributed by atoms with van der Waals surface area (Å²) in [6.07, 6.45) is 4.44. The number of nitrogen functional groups attached to an aromatic ring is 1. The fraction of sp³-hybridized carbons (Fsp3) is 0.250. The van der Waals surface area contributed by atoms with E-state index in [1.807, 2.05) is 25.1 Å². The minimum Gasteiger partial charge on any atom is -0.487 e. The molecule has 0 radical (unpaired) electrons. The van der Waals surface area contributed by atoms with Crippen LogP contribution < -0.4 is 25.6 Å². The number of halogens is 2. The van der Waals surface area contributed by atoms with Crippen LogP contribution in [0.4, 0.5) is 17.2 Å². The molecule has 1 fully saturated rings. The maximum Gasteiger partial charge on any atom is 0.246 e. The van der Waals surface area contributed by atoms with Gasteiger partial charge in [-0.2, -0.15) is 0 Å². The van der Waals surface area contributed by atoms with E-state index in [-0.39, 0.29) is 24.1 Å². The number of rotatable bonds is 9. The maximum atomic E-state index is 12.9. The molecule has 1 aliphatic rings. The second kappa shape index (κ2) is 13.9. The van der Waals surface area contributed by atoms with E-state index in [1.165, 1.54) is 11.0 Å². The molecule has 228 valence electrons. The Morgan fingerprint density at radius 3 is 2.70 bits per heavy atom.